The number of aromatic nitrogens is 2. The number of carbonyl (C=O) groups is 1. The molecule has 2 aromatic rings. The van der Waals surface area contributed by atoms with E-state index >= 15 is 0 Å². The van der Waals surface area contributed by atoms with Gasteiger partial charge >= 0.3 is 6.18 Å². The minimum absolute atomic E-state index is 0.0805. The molecule has 41 heavy (non-hydrogen) atoms. The quantitative estimate of drug-likeness (QED) is 0.484. The highest BCUT2D eigenvalue weighted by atomic mass is 19.4. The summed E-state index contributed by atoms with van der Waals surface area (Å²) in [6.07, 6.45) is 3.12. The number of benzene rings is 1. The van der Waals surface area contributed by atoms with E-state index in [4.69, 9.17) is 9.47 Å². The molecule has 0 spiro atoms. The maximum atomic E-state index is 13.4. The molecule has 2 atom stereocenters. The van der Waals surface area contributed by atoms with Crippen LogP contribution in [0.15, 0.2) is 30.6 Å². The second-order valence-electron chi connectivity index (χ2n) is 11.4. The van der Waals surface area contributed by atoms with Crippen molar-refractivity contribution < 1.29 is 27.4 Å². The smallest absolute Gasteiger partial charge is 0.381 e. The van der Waals surface area contributed by atoms with Gasteiger partial charge in [0, 0.05) is 51.4 Å². The van der Waals surface area contributed by atoms with Gasteiger partial charge < -0.3 is 24.6 Å². The Bertz CT molecular complexity index is 1180. The molecule has 3 fully saturated rings. The topological polar surface area (TPSA) is 79.8 Å². The Morgan fingerprint density at radius 1 is 1.07 bits per heavy atom. The summed E-state index contributed by atoms with van der Waals surface area (Å²) in [5.41, 5.74) is 0.960. The number of anilines is 1. The Hall–Kier alpha value is -2.76. The van der Waals surface area contributed by atoms with E-state index < -0.39 is 17.8 Å². The lowest BCUT2D eigenvalue weighted by Gasteiger charge is -2.41. The number of likely N-dealkylation sites (tertiary alicyclic amines) is 2. The Morgan fingerprint density at radius 3 is 2.54 bits per heavy atom. The maximum absolute atomic E-state index is 13.4. The van der Waals surface area contributed by atoms with Crippen LogP contribution in [0.4, 0.5) is 19.0 Å². The molecule has 3 aliphatic rings. The number of ether oxygens (including phenoxy) is 2. The van der Waals surface area contributed by atoms with E-state index in [0.29, 0.717) is 60.8 Å². The largest absolute Gasteiger partial charge is 0.416 e. The summed E-state index contributed by atoms with van der Waals surface area (Å²) in [4.78, 5) is 26.5. The molecule has 0 aliphatic carbocycles. The molecule has 3 aliphatic heterocycles. The highest BCUT2D eigenvalue weighted by molar-refractivity contribution is 5.94. The van der Waals surface area contributed by atoms with Crippen LogP contribution in [0, 0.1) is 6.92 Å². The Morgan fingerprint density at radius 2 is 1.83 bits per heavy atom. The van der Waals surface area contributed by atoms with Crippen molar-refractivity contribution in [2.45, 2.75) is 82.4 Å². The summed E-state index contributed by atoms with van der Waals surface area (Å²) in [7, 11) is 1.78. The lowest BCUT2D eigenvalue weighted by molar-refractivity contribution is -0.137. The van der Waals surface area contributed by atoms with Gasteiger partial charge in [0.15, 0.2) is 0 Å². The second kappa shape index (κ2) is 13.0. The average Bonchev–Trinajstić information content (AvgIpc) is 3.00. The molecule has 1 aromatic carbocycles. The number of hydrogen-bond acceptors (Lipinski definition) is 7. The van der Waals surface area contributed by atoms with E-state index in [2.05, 4.69) is 20.2 Å². The molecule has 4 heterocycles. The van der Waals surface area contributed by atoms with Crippen molar-refractivity contribution in [2.24, 2.45) is 0 Å². The number of methoxy groups -OCH3 is 1. The number of amides is 1. The predicted octanol–water partition coefficient (Wildman–Crippen LogP) is 5.24. The highest BCUT2D eigenvalue weighted by Crippen LogP contribution is 2.35. The number of rotatable bonds is 7. The van der Waals surface area contributed by atoms with E-state index in [1.165, 1.54) is 18.5 Å². The first-order valence-electron chi connectivity index (χ1n) is 14.7. The third-order valence-corrected chi connectivity index (χ3v) is 8.80. The molecule has 3 saturated heterocycles. The number of nitrogens with zero attached hydrogens (tertiary/aromatic N) is 4. The zero-order valence-electron chi connectivity index (χ0n) is 23.8. The first-order valence-corrected chi connectivity index (χ1v) is 14.7. The SMILES string of the molecule is COC1CCN(C2CCN(C(=O)c3ncnc(NC[C@@H]4CCCC(c5cccc(C(F)(F)F)c5)O4)c3C)CC2)CC1. The molecular weight excluding hydrogens is 535 g/mol. The number of nitrogens with one attached hydrogen (secondary N) is 1. The van der Waals surface area contributed by atoms with E-state index in [9.17, 15) is 18.0 Å². The molecule has 1 aromatic heterocycles. The van der Waals surface area contributed by atoms with Crippen molar-refractivity contribution in [2.75, 3.05) is 45.2 Å². The predicted molar refractivity (Wildman–Crippen MR) is 149 cm³/mol. The molecule has 8 nitrogen and oxygen atoms in total. The van der Waals surface area contributed by atoms with Crippen molar-refractivity contribution in [1.82, 2.24) is 19.8 Å². The lowest BCUT2D eigenvalue weighted by atomic mass is 9.97. The molecule has 11 heteroatoms. The molecule has 1 N–H and O–H groups in total. The van der Waals surface area contributed by atoms with Gasteiger partial charge in [-0.1, -0.05) is 12.1 Å². The van der Waals surface area contributed by atoms with Gasteiger partial charge in [0.25, 0.3) is 5.91 Å². The van der Waals surface area contributed by atoms with Crippen LogP contribution in [0.1, 0.15) is 78.2 Å². The van der Waals surface area contributed by atoms with Crippen molar-refractivity contribution in [1.29, 1.82) is 0 Å². The van der Waals surface area contributed by atoms with Crippen LogP contribution in [0.2, 0.25) is 0 Å². The molecular formula is C30H40F3N5O3. The second-order valence-corrected chi connectivity index (χ2v) is 11.4. The summed E-state index contributed by atoms with van der Waals surface area (Å²) in [6, 6.07) is 5.87. The van der Waals surface area contributed by atoms with Gasteiger partial charge in [-0.3, -0.25) is 4.79 Å². The van der Waals surface area contributed by atoms with Gasteiger partial charge in [0.05, 0.1) is 23.9 Å². The molecule has 0 saturated carbocycles. The summed E-state index contributed by atoms with van der Waals surface area (Å²) in [5, 5.41) is 3.30. The van der Waals surface area contributed by atoms with Gasteiger partial charge in [-0.15, -0.1) is 0 Å². The average molecular weight is 576 g/mol. The van der Waals surface area contributed by atoms with Crippen molar-refractivity contribution >= 4 is 11.7 Å². The van der Waals surface area contributed by atoms with Crippen LogP contribution in [-0.4, -0.2) is 83.8 Å². The fraction of sp³-hybridized carbons (Fsp3) is 0.633. The van der Waals surface area contributed by atoms with Crippen LogP contribution < -0.4 is 5.32 Å². The third-order valence-electron chi connectivity index (χ3n) is 8.80. The number of hydrogen-bond donors (Lipinski definition) is 1. The Labute approximate surface area is 239 Å². The number of piperidine rings is 2. The van der Waals surface area contributed by atoms with Gasteiger partial charge in [-0.2, -0.15) is 13.2 Å². The van der Waals surface area contributed by atoms with Crippen LogP contribution >= 0.6 is 0 Å². The molecule has 1 unspecified atom stereocenters. The molecule has 0 bridgehead atoms. The third kappa shape index (κ3) is 7.18. The van der Waals surface area contributed by atoms with Crippen LogP contribution in [0.25, 0.3) is 0 Å². The standard InChI is InChI=1S/C30H40F3N5O3/c1-20-27(29(39)38-13-9-23(10-14-38)37-15-11-24(40-2)12-16-37)35-19-36-28(20)34-18-25-7-4-8-26(41-25)21-5-3-6-22(17-21)30(31,32)33/h3,5-6,17,19,23-26H,4,7-16,18H2,1-2H3,(H,34,35,36)/t25-,26?/m0/s1. The molecule has 1 amide bonds. The van der Waals surface area contributed by atoms with Crippen molar-refractivity contribution in [3.8, 4) is 0 Å². The van der Waals surface area contributed by atoms with Gasteiger partial charge in [-0.05, 0) is 69.6 Å². The zero-order chi connectivity index (χ0) is 29.0. The summed E-state index contributed by atoms with van der Waals surface area (Å²) < 4.78 is 51.2. The monoisotopic (exact) mass is 575 g/mol. The summed E-state index contributed by atoms with van der Waals surface area (Å²) in [6.45, 7) is 5.77. The van der Waals surface area contributed by atoms with Crippen LogP contribution in [-0.2, 0) is 15.7 Å². The van der Waals surface area contributed by atoms with Gasteiger partial charge in [0.1, 0.15) is 17.8 Å². The first-order chi connectivity index (χ1) is 19.7. The minimum Gasteiger partial charge on any atom is -0.381 e. The van der Waals surface area contributed by atoms with Crippen molar-refractivity contribution in [3.05, 3.63) is 53.0 Å². The lowest BCUT2D eigenvalue weighted by Crippen LogP contribution is -2.49. The van der Waals surface area contributed by atoms with Crippen LogP contribution in [0.3, 0.4) is 0 Å². The molecule has 224 valence electrons. The van der Waals surface area contributed by atoms with E-state index in [0.717, 1.165) is 57.7 Å². The zero-order valence-corrected chi connectivity index (χ0v) is 23.8. The molecule has 5 rings (SSSR count). The van der Waals surface area contributed by atoms with Crippen LogP contribution in [0.5, 0.6) is 0 Å². The fourth-order valence-electron chi connectivity index (χ4n) is 6.32. The van der Waals surface area contributed by atoms with Gasteiger partial charge in [0.2, 0.25) is 0 Å². The van der Waals surface area contributed by atoms with E-state index in [-0.39, 0.29) is 12.0 Å². The van der Waals surface area contributed by atoms with Gasteiger partial charge in [-0.25, -0.2) is 9.97 Å². The van der Waals surface area contributed by atoms with E-state index in [1.54, 1.807) is 13.2 Å². The minimum atomic E-state index is -4.39. The Kier molecular flexibility index (Phi) is 9.45. The number of carbonyl (C=O) groups excluding carboxylic acids is 1. The van der Waals surface area contributed by atoms with E-state index in [1.807, 2.05) is 11.8 Å². The normalized spacial score (nSPS) is 23.5. The van der Waals surface area contributed by atoms with Crippen molar-refractivity contribution in [3.63, 3.8) is 0 Å². The summed E-state index contributed by atoms with van der Waals surface area (Å²) >= 11 is 0. The highest BCUT2D eigenvalue weighted by Gasteiger charge is 2.33. The molecule has 0 radical (unpaired) electrons. The summed E-state index contributed by atoms with van der Waals surface area (Å²) in [5.74, 6) is 0.493. The number of alkyl halides is 3. The maximum Gasteiger partial charge on any atom is 0.416 e. The fourth-order valence-corrected chi connectivity index (χ4v) is 6.32. The first kappa shape index (κ1) is 29.7. The number of halogens is 3. The Balaban J connectivity index is 1.15.